The molecule has 0 unspecified atom stereocenters. The van der Waals surface area contributed by atoms with E-state index in [1.54, 1.807) is 6.07 Å². The summed E-state index contributed by atoms with van der Waals surface area (Å²) in [6.45, 7) is 2.59. The van der Waals surface area contributed by atoms with E-state index in [1.807, 2.05) is 9.80 Å². The first-order valence-corrected chi connectivity index (χ1v) is 9.39. The maximum atomic E-state index is 12.8. The Balaban J connectivity index is 1.36. The van der Waals surface area contributed by atoms with E-state index in [0.29, 0.717) is 37.5 Å². The van der Waals surface area contributed by atoms with Crippen LogP contribution < -0.4 is 0 Å². The molecule has 0 saturated carbocycles. The number of benzene rings is 1. The standard InChI is InChI=1S/C21H24N2O3/c24-20(14-17-7-6-16-4-1-2-5-19(16)17)22-9-3-10-23(12-11-22)21(25)18-8-13-26-15-18/h1-2,4-5,8,13,15,17H,3,6-7,9-12,14H2/t17-/m0/s1. The highest BCUT2D eigenvalue weighted by atomic mass is 16.3. The number of carbonyl (C=O) groups excluding carboxylic acids is 2. The van der Waals surface area contributed by atoms with Crippen molar-refractivity contribution in [2.45, 2.75) is 31.6 Å². The van der Waals surface area contributed by atoms with E-state index in [1.165, 1.54) is 23.7 Å². The Morgan fingerprint density at radius 1 is 1.04 bits per heavy atom. The third kappa shape index (κ3) is 3.39. The van der Waals surface area contributed by atoms with E-state index in [0.717, 1.165) is 25.8 Å². The fraction of sp³-hybridized carbons (Fsp3) is 0.429. The molecule has 4 rings (SSSR count). The number of rotatable bonds is 3. The van der Waals surface area contributed by atoms with Crippen LogP contribution in [0.1, 0.15) is 46.7 Å². The van der Waals surface area contributed by atoms with Gasteiger partial charge in [-0.25, -0.2) is 0 Å². The second kappa shape index (κ2) is 7.36. The highest BCUT2D eigenvalue weighted by Crippen LogP contribution is 2.35. The molecule has 2 amide bonds. The first kappa shape index (κ1) is 16.9. The lowest BCUT2D eigenvalue weighted by Crippen LogP contribution is -2.37. The van der Waals surface area contributed by atoms with Gasteiger partial charge in [0.2, 0.25) is 5.91 Å². The van der Waals surface area contributed by atoms with Gasteiger partial charge in [-0.05, 0) is 42.4 Å². The Hall–Kier alpha value is -2.56. The molecule has 1 atom stereocenters. The van der Waals surface area contributed by atoms with Crippen LogP contribution in [-0.4, -0.2) is 47.8 Å². The van der Waals surface area contributed by atoms with Crippen LogP contribution in [-0.2, 0) is 11.2 Å². The van der Waals surface area contributed by atoms with Crippen molar-refractivity contribution in [3.05, 3.63) is 59.5 Å². The number of hydrogen-bond donors (Lipinski definition) is 0. The molecule has 1 aliphatic heterocycles. The maximum absolute atomic E-state index is 12.8. The van der Waals surface area contributed by atoms with E-state index in [2.05, 4.69) is 24.3 Å². The van der Waals surface area contributed by atoms with Crippen LogP contribution >= 0.6 is 0 Å². The fourth-order valence-corrected chi connectivity index (χ4v) is 4.14. The minimum absolute atomic E-state index is 0.0160. The lowest BCUT2D eigenvalue weighted by molar-refractivity contribution is -0.131. The number of amides is 2. The van der Waals surface area contributed by atoms with Gasteiger partial charge in [0.05, 0.1) is 11.8 Å². The monoisotopic (exact) mass is 352 g/mol. The van der Waals surface area contributed by atoms with E-state index >= 15 is 0 Å². The van der Waals surface area contributed by atoms with Gasteiger partial charge in [-0.2, -0.15) is 0 Å². The quantitative estimate of drug-likeness (QED) is 0.853. The van der Waals surface area contributed by atoms with E-state index in [9.17, 15) is 9.59 Å². The zero-order valence-electron chi connectivity index (χ0n) is 14.9. The number of hydrogen-bond acceptors (Lipinski definition) is 3. The number of carbonyl (C=O) groups is 2. The van der Waals surface area contributed by atoms with Crippen molar-refractivity contribution in [3.63, 3.8) is 0 Å². The highest BCUT2D eigenvalue weighted by Gasteiger charge is 2.28. The molecule has 2 heterocycles. The van der Waals surface area contributed by atoms with Crippen LogP contribution in [0.5, 0.6) is 0 Å². The molecule has 0 radical (unpaired) electrons. The summed E-state index contributed by atoms with van der Waals surface area (Å²) in [5.41, 5.74) is 3.30. The summed E-state index contributed by atoms with van der Waals surface area (Å²) in [7, 11) is 0. The molecule has 1 aromatic heterocycles. The summed E-state index contributed by atoms with van der Waals surface area (Å²) < 4.78 is 5.01. The third-order valence-electron chi connectivity index (χ3n) is 5.58. The summed E-state index contributed by atoms with van der Waals surface area (Å²) in [5.74, 6) is 0.535. The van der Waals surface area contributed by atoms with Crippen molar-refractivity contribution in [3.8, 4) is 0 Å². The molecule has 26 heavy (non-hydrogen) atoms. The molecule has 0 bridgehead atoms. The van der Waals surface area contributed by atoms with Crippen LogP contribution in [0.4, 0.5) is 0 Å². The van der Waals surface area contributed by atoms with Gasteiger partial charge >= 0.3 is 0 Å². The second-order valence-corrected chi connectivity index (χ2v) is 7.18. The van der Waals surface area contributed by atoms with Gasteiger partial charge < -0.3 is 14.2 Å². The Bertz CT molecular complexity index is 784. The molecular formula is C21H24N2O3. The molecule has 1 aromatic carbocycles. The SMILES string of the molecule is O=C(C[C@@H]1CCc2ccccc21)N1CCCN(C(=O)c2ccoc2)CC1. The number of nitrogens with zero attached hydrogens (tertiary/aromatic N) is 2. The fourth-order valence-electron chi connectivity index (χ4n) is 4.14. The molecule has 2 aromatic rings. The van der Waals surface area contributed by atoms with Gasteiger partial charge in [0, 0.05) is 32.6 Å². The normalized spacial score (nSPS) is 19.9. The van der Waals surface area contributed by atoms with Crippen LogP contribution in [0.2, 0.25) is 0 Å². The van der Waals surface area contributed by atoms with E-state index in [4.69, 9.17) is 4.42 Å². The van der Waals surface area contributed by atoms with Crippen molar-refractivity contribution in [1.82, 2.24) is 9.80 Å². The molecule has 5 nitrogen and oxygen atoms in total. The predicted molar refractivity (Wildman–Crippen MR) is 97.9 cm³/mol. The molecular weight excluding hydrogens is 328 g/mol. The van der Waals surface area contributed by atoms with Crippen LogP contribution in [0.25, 0.3) is 0 Å². The largest absolute Gasteiger partial charge is 0.472 e. The van der Waals surface area contributed by atoms with Gasteiger partial charge in [0.25, 0.3) is 5.91 Å². The zero-order valence-corrected chi connectivity index (χ0v) is 14.9. The van der Waals surface area contributed by atoms with Crippen LogP contribution in [0.15, 0.2) is 47.3 Å². The Kier molecular flexibility index (Phi) is 4.78. The van der Waals surface area contributed by atoms with E-state index in [-0.39, 0.29) is 11.8 Å². The summed E-state index contributed by atoms with van der Waals surface area (Å²) in [5, 5.41) is 0. The average Bonchev–Trinajstić information content (AvgIpc) is 3.26. The molecule has 0 N–H and O–H groups in total. The minimum atomic E-state index is -0.0160. The molecule has 0 spiro atoms. The van der Waals surface area contributed by atoms with Crippen molar-refractivity contribution in [2.75, 3.05) is 26.2 Å². The van der Waals surface area contributed by atoms with Gasteiger partial charge in [0.1, 0.15) is 6.26 Å². The number of aryl methyl sites for hydroxylation is 1. The molecule has 5 heteroatoms. The van der Waals surface area contributed by atoms with Crippen LogP contribution in [0.3, 0.4) is 0 Å². The van der Waals surface area contributed by atoms with Crippen molar-refractivity contribution < 1.29 is 14.0 Å². The van der Waals surface area contributed by atoms with Gasteiger partial charge in [-0.1, -0.05) is 24.3 Å². The third-order valence-corrected chi connectivity index (χ3v) is 5.58. The number of furan rings is 1. The van der Waals surface area contributed by atoms with Gasteiger partial charge in [-0.3, -0.25) is 9.59 Å². The summed E-state index contributed by atoms with van der Waals surface area (Å²) in [6.07, 6.45) is 6.52. The number of fused-ring (bicyclic) bond motifs is 1. The summed E-state index contributed by atoms with van der Waals surface area (Å²) >= 11 is 0. The predicted octanol–water partition coefficient (Wildman–Crippen LogP) is 3.07. The maximum Gasteiger partial charge on any atom is 0.257 e. The Labute approximate surface area is 153 Å². The molecule has 1 saturated heterocycles. The average molecular weight is 352 g/mol. The molecule has 136 valence electrons. The highest BCUT2D eigenvalue weighted by molar-refractivity contribution is 5.93. The topological polar surface area (TPSA) is 53.8 Å². The van der Waals surface area contributed by atoms with Crippen molar-refractivity contribution >= 4 is 11.8 Å². The van der Waals surface area contributed by atoms with E-state index < -0.39 is 0 Å². The lowest BCUT2D eigenvalue weighted by atomic mass is 9.97. The van der Waals surface area contributed by atoms with Crippen molar-refractivity contribution in [1.29, 1.82) is 0 Å². The second-order valence-electron chi connectivity index (χ2n) is 7.18. The Morgan fingerprint density at radius 3 is 2.69 bits per heavy atom. The molecule has 2 aliphatic rings. The first-order chi connectivity index (χ1) is 12.7. The zero-order chi connectivity index (χ0) is 17.9. The lowest BCUT2D eigenvalue weighted by Gasteiger charge is -2.23. The van der Waals surface area contributed by atoms with Gasteiger partial charge in [-0.15, -0.1) is 0 Å². The van der Waals surface area contributed by atoms with Crippen LogP contribution in [0, 0.1) is 0 Å². The van der Waals surface area contributed by atoms with Gasteiger partial charge in [0.15, 0.2) is 0 Å². The van der Waals surface area contributed by atoms with Crippen molar-refractivity contribution in [2.24, 2.45) is 0 Å². The first-order valence-electron chi connectivity index (χ1n) is 9.39. The minimum Gasteiger partial charge on any atom is -0.472 e. The Morgan fingerprint density at radius 2 is 1.85 bits per heavy atom. The molecule has 1 fully saturated rings. The summed E-state index contributed by atoms with van der Waals surface area (Å²) in [6, 6.07) is 10.2. The molecule has 1 aliphatic carbocycles. The smallest absolute Gasteiger partial charge is 0.257 e. The summed E-state index contributed by atoms with van der Waals surface area (Å²) in [4.78, 5) is 29.1.